The van der Waals surface area contributed by atoms with E-state index in [0.717, 1.165) is 51.9 Å². The smallest absolute Gasteiger partial charge is 0.106 e. The molecule has 1 aliphatic rings. The molecule has 0 aliphatic carbocycles. The van der Waals surface area contributed by atoms with E-state index in [-0.39, 0.29) is 5.54 Å². The van der Waals surface area contributed by atoms with E-state index in [4.69, 9.17) is 4.74 Å². The van der Waals surface area contributed by atoms with E-state index >= 15 is 0 Å². The molecule has 1 N–H and O–H groups in total. The molecule has 0 aromatic heterocycles. The normalized spacial score (nSPS) is 23.5. The molecule has 4 heteroatoms. The first kappa shape index (κ1) is 17.4. The number of nitrogens with one attached hydrogen (secondary N) is 1. The SMILES string of the molecule is CCC1CN(CCCC(C#N)(CC)NC(C)C)CCO1. The van der Waals surface area contributed by atoms with Crippen LogP contribution in [0, 0.1) is 11.3 Å². The largest absolute Gasteiger partial charge is 0.376 e. The minimum atomic E-state index is -0.357. The van der Waals surface area contributed by atoms with Crippen molar-refractivity contribution in [1.82, 2.24) is 10.2 Å². The second kappa shape index (κ2) is 8.61. The topological polar surface area (TPSA) is 48.3 Å². The number of hydrogen-bond donors (Lipinski definition) is 1. The summed E-state index contributed by atoms with van der Waals surface area (Å²) in [5, 5.41) is 12.9. The second-order valence-electron chi connectivity index (χ2n) is 6.15. The molecule has 4 nitrogen and oxygen atoms in total. The summed E-state index contributed by atoms with van der Waals surface area (Å²) in [5.74, 6) is 0. The molecule has 1 fully saturated rings. The van der Waals surface area contributed by atoms with Gasteiger partial charge in [0.2, 0.25) is 0 Å². The monoisotopic (exact) mass is 281 g/mol. The Morgan fingerprint density at radius 1 is 1.45 bits per heavy atom. The minimum absolute atomic E-state index is 0.349. The predicted molar refractivity (Wildman–Crippen MR) is 82.6 cm³/mol. The van der Waals surface area contributed by atoms with Gasteiger partial charge in [0.05, 0.1) is 18.8 Å². The first-order valence-corrected chi connectivity index (χ1v) is 8.08. The van der Waals surface area contributed by atoms with Gasteiger partial charge in [-0.3, -0.25) is 10.2 Å². The summed E-state index contributed by atoms with van der Waals surface area (Å²) in [4.78, 5) is 2.48. The quantitative estimate of drug-likeness (QED) is 0.743. The van der Waals surface area contributed by atoms with Crippen LogP contribution < -0.4 is 5.32 Å². The van der Waals surface area contributed by atoms with Crippen LogP contribution >= 0.6 is 0 Å². The van der Waals surface area contributed by atoms with Crippen LogP contribution in [-0.2, 0) is 4.74 Å². The van der Waals surface area contributed by atoms with Crippen molar-refractivity contribution in [3.8, 4) is 6.07 Å². The van der Waals surface area contributed by atoms with Gasteiger partial charge in [0, 0.05) is 19.1 Å². The van der Waals surface area contributed by atoms with Crippen molar-refractivity contribution in [2.75, 3.05) is 26.2 Å². The van der Waals surface area contributed by atoms with E-state index < -0.39 is 0 Å². The molecule has 0 spiro atoms. The fraction of sp³-hybridized carbons (Fsp3) is 0.938. The van der Waals surface area contributed by atoms with Crippen molar-refractivity contribution in [1.29, 1.82) is 5.26 Å². The summed E-state index contributed by atoms with van der Waals surface area (Å²) < 4.78 is 5.69. The van der Waals surface area contributed by atoms with Crippen LogP contribution in [0.25, 0.3) is 0 Å². The van der Waals surface area contributed by atoms with Gasteiger partial charge >= 0.3 is 0 Å². The maximum absolute atomic E-state index is 9.50. The van der Waals surface area contributed by atoms with Crippen LogP contribution in [0.4, 0.5) is 0 Å². The molecule has 0 amide bonds. The van der Waals surface area contributed by atoms with E-state index in [2.05, 4.69) is 44.0 Å². The Morgan fingerprint density at radius 2 is 2.20 bits per heavy atom. The Bertz CT molecular complexity index is 313. The highest BCUT2D eigenvalue weighted by Gasteiger charge is 2.28. The molecule has 20 heavy (non-hydrogen) atoms. The van der Waals surface area contributed by atoms with Crippen LogP contribution in [0.5, 0.6) is 0 Å². The molecule has 0 radical (unpaired) electrons. The first-order chi connectivity index (χ1) is 9.55. The number of nitrogens with zero attached hydrogens (tertiary/aromatic N) is 2. The average molecular weight is 281 g/mol. The van der Waals surface area contributed by atoms with Gasteiger partial charge in [0.15, 0.2) is 0 Å². The predicted octanol–water partition coefficient (Wildman–Crippen LogP) is 2.55. The molecule has 1 heterocycles. The van der Waals surface area contributed by atoms with Crippen LogP contribution in [0.1, 0.15) is 53.4 Å². The standard InChI is InChI=1S/C16H31N3O/c1-5-15-12-19(10-11-20-15)9-7-8-16(6-2,13-17)18-14(3)4/h14-15,18H,5-12H2,1-4H3. The molecule has 116 valence electrons. The van der Waals surface area contributed by atoms with E-state index in [9.17, 15) is 5.26 Å². The molecular formula is C16H31N3O. The molecule has 2 unspecified atom stereocenters. The maximum atomic E-state index is 9.50. The van der Waals surface area contributed by atoms with Crippen molar-refractivity contribution < 1.29 is 4.74 Å². The third-order valence-corrected chi connectivity index (χ3v) is 4.14. The number of morpholine rings is 1. The zero-order chi connectivity index (χ0) is 15.0. The molecule has 2 atom stereocenters. The van der Waals surface area contributed by atoms with Gasteiger partial charge in [-0.05, 0) is 46.1 Å². The Kier molecular flexibility index (Phi) is 7.50. The zero-order valence-corrected chi connectivity index (χ0v) is 13.6. The molecular weight excluding hydrogens is 250 g/mol. The molecule has 1 aliphatic heterocycles. The zero-order valence-electron chi connectivity index (χ0n) is 13.6. The lowest BCUT2D eigenvalue weighted by molar-refractivity contribution is -0.0302. The van der Waals surface area contributed by atoms with Crippen LogP contribution in [0.2, 0.25) is 0 Å². The van der Waals surface area contributed by atoms with Crippen molar-refractivity contribution >= 4 is 0 Å². The molecule has 1 rings (SSSR count). The van der Waals surface area contributed by atoms with Gasteiger partial charge < -0.3 is 4.74 Å². The molecule has 0 bridgehead atoms. The number of hydrogen-bond acceptors (Lipinski definition) is 4. The van der Waals surface area contributed by atoms with Gasteiger partial charge in [0.25, 0.3) is 0 Å². The third-order valence-electron chi connectivity index (χ3n) is 4.14. The van der Waals surface area contributed by atoms with Crippen LogP contribution in [-0.4, -0.2) is 48.8 Å². The lowest BCUT2D eigenvalue weighted by Gasteiger charge is -2.34. The molecule has 1 saturated heterocycles. The third kappa shape index (κ3) is 5.40. The van der Waals surface area contributed by atoms with E-state index in [1.54, 1.807) is 0 Å². The lowest BCUT2D eigenvalue weighted by atomic mass is 9.91. The molecule has 0 aromatic carbocycles. The Hall–Kier alpha value is -0.630. The van der Waals surface area contributed by atoms with Gasteiger partial charge in [0.1, 0.15) is 5.54 Å². The van der Waals surface area contributed by atoms with Crippen molar-refractivity contribution in [3.05, 3.63) is 0 Å². The maximum Gasteiger partial charge on any atom is 0.106 e. The summed E-state index contributed by atoms with van der Waals surface area (Å²) in [5.41, 5.74) is -0.357. The molecule has 0 saturated carbocycles. The first-order valence-electron chi connectivity index (χ1n) is 8.08. The number of rotatable bonds is 8. The van der Waals surface area contributed by atoms with Gasteiger partial charge in [-0.1, -0.05) is 13.8 Å². The summed E-state index contributed by atoms with van der Waals surface area (Å²) in [6.45, 7) is 12.5. The highest BCUT2D eigenvalue weighted by Crippen LogP contribution is 2.19. The van der Waals surface area contributed by atoms with Gasteiger partial charge in [-0.25, -0.2) is 0 Å². The lowest BCUT2D eigenvalue weighted by Crippen LogP contribution is -2.48. The second-order valence-corrected chi connectivity index (χ2v) is 6.15. The molecule has 0 aromatic rings. The fourth-order valence-corrected chi connectivity index (χ4v) is 2.91. The average Bonchev–Trinajstić information content (AvgIpc) is 2.46. The fourth-order valence-electron chi connectivity index (χ4n) is 2.91. The van der Waals surface area contributed by atoms with Gasteiger partial charge in [-0.15, -0.1) is 0 Å². The number of nitriles is 1. The minimum Gasteiger partial charge on any atom is -0.376 e. The van der Waals surface area contributed by atoms with Crippen LogP contribution in [0.3, 0.4) is 0 Å². The Morgan fingerprint density at radius 3 is 2.75 bits per heavy atom. The highest BCUT2D eigenvalue weighted by molar-refractivity contribution is 5.06. The highest BCUT2D eigenvalue weighted by atomic mass is 16.5. The number of ether oxygens (including phenoxy) is 1. The van der Waals surface area contributed by atoms with Crippen molar-refractivity contribution in [3.63, 3.8) is 0 Å². The van der Waals surface area contributed by atoms with Gasteiger partial charge in [-0.2, -0.15) is 5.26 Å². The van der Waals surface area contributed by atoms with E-state index in [1.807, 2.05) is 0 Å². The summed E-state index contributed by atoms with van der Waals surface area (Å²) in [7, 11) is 0. The van der Waals surface area contributed by atoms with Crippen molar-refractivity contribution in [2.24, 2.45) is 0 Å². The summed E-state index contributed by atoms with van der Waals surface area (Å²) in [6, 6.07) is 2.85. The Balaban J connectivity index is 2.39. The van der Waals surface area contributed by atoms with E-state index in [0.29, 0.717) is 12.1 Å². The Labute approximate surface area is 124 Å². The van der Waals surface area contributed by atoms with E-state index in [1.165, 1.54) is 0 Å². The summed E-state index contributed by atoms with van der Waals surface area (Å²) in [6.07, 6.45) is 4.33. The van der Waals surface area contributed by atoms with Crippen molar-refractivity contribution in [2.45, 2.75) is 71.1 Å². The van der Waals surface area contributed by atoms with Crippen LogP contribution in [0.15, 0.2) is 0 Å². The summed E-state index contributed by atoms with van der Waals surface area (Å²) >= 11 is 0.